The summed E-state index contributed by atoms with van der Waals surface area (Å²) in [6.45, 7) is 3.03. The molecule has 3 nitrogen and oxygen atoms in total. The third-order valence-electron chi connectivity index (χ3n) is 4.00. The number of piperazine rings is 1. The van der Waals surface area contributed by atoms with E-state index in [0.29, 0.717) is 23.7 Å². The Hall–Kier alpha value is -1.91. The minimum atomic E-state index is -0.222. The molecule has 0 bridgehead atoms. The van der Waals surface area contributed by atoms with Gasteiger partial charge in [-0.25, -0.2) is 4.39 Å². The fraction of sp³-hybridized carbons (Fsp3) is 0.235. The maximum atomic E-state index is 13.0. The molecule has 0 aliphatic carbocycles. The van der Waals surface area contributed by atoms with E-state index in [2.05, 4.69) is 0 Å². The lowest BCUT2D eigenvalue weighted by atomic mass is 10.1. The molecule has 0 radical (unpaired) electrons. The first kappa shape index (κ1) is 15.0. The van der Waals surface area contributed by atoms with Crippen LogP contribution in [0.4, 0.5) is 10.1 Å². The van der Waals surface area contributed by atoms with E-state index >= 15 is 0 Å². The fourth-order valence-electron chi connectivity index (χ4n) is 2.73. The van der Waals surface area contributed by atoms with E-state index in [1.165, 1.54) is 17.0 Å². The van der Waals surface area contributed by atoms with E-state index in [1.54, 1.807) is 36.4 Å². The molecular weight excluding hydrogens is 303 g/mol. The number of amides is 1. The molecule has 2 aromatic rings. The molecule has 1 aliphatic rings. The van der Waals surface area contributed by atoms with Crippen molar-refractivity contribution in [2.45, 2.75) is 0 Å². The van der Waals surface area contributed by atoms with Gasteiger partial charge in [-0.2, -0.15) is 0 Å². The molecule has 1 amide bonds. The molecule has 22 heavy (non-hydrogen) atoms. The van der Waals surface area contributed by atoms with E-state index in [-0.39, 0.29) is 11.7 Å². The molecule has 1 heterocycles. The van der Waals surface area contributed by atoms with Crippen LogP contribution in [-0.4, -0.2) is 37.0 Å². The van der Waals surface area contributed by atoms with Crippen LogP contribution >= 0.6 is 11.6 Å². The summed E-state index contributed by atoms with van der Waals surface area (Å²) in [5, 5.41) is 0.627. The summed E-state index contributed by atoms with van der Waals surface area (Å²) in [7, 11) is 0. The molecule has 0 spiro atoms. The number of carbonyl (C=O) groups excluding carboxylic acids is 1. The van der Waals surface area contributed by atoms with Gasteiger partial charge in [0.15, 0.2) is 0 Å². The maximum Gasteiger partial charge on any atom is 0.254 e. The first-order valence-corrected chi connectivity index (χ1v) is 7.67. The van der Waals surface area contributed by atoms with Gasteiger partial charge in [-0.1, -0.05) is 11.6 Å². The molecule has 0 aromatic heterocycles. The molecule has 114 valence electrons. The molecular formula is C17H17ClFN2O+. The highest BCUT2D eigenvalue weighted by atomic mass is 35.5. The predicted octanol–water partition coefficient (Wildman–Crippen LogP) is 2.15. The van der Waals surface area contributed by atoms with Crippen LogP contribution < -0.4 is 4.90 Å². The molecule has 5 heteroatoms. The van der Waals surface area contributed by atoms with E-state index in [0.717, 1.165) is 18.8 Å². The number of nitrogens with one attached hydrogen (secondary N) is 1. The van der Waals surface area contributed by atoms with Crippen LogP contribution in [-0.2, 0) is 0 Å². The van der Waals surface area contributed by atoms with Gasteiger partial charge in [0.2, 0.25) is 0 Å². The van der Waals surface area contributed by atoms with Crippen molar-refractivity contribution in [3.05, 3.63) is 64.9 Å². The van der Waals surface area contributed by atoms with Gasteiger partial charge in [0.05, 0.1) is 26.2 Å². The minimum Gasteiger partial charge on any atom is -0.327 e. The summed E-state index contributed by atoms with van der Waals surface area (Å²) in [5.41, 5.74) is 1.73. The van der Waals surface area contributed by atoms with Crippen LogP contribution in [0.1, 0.15) is 10.4 Å². The first-order valence-electron chi connectivity index (χ1n) is 7.29. The average molecular weight is 320 g/mol. The lowest BCUT2D eigenvalue weighted by molar-refractivity contribution is -0.837. The largest absolute Gasteiger partial charge is 0.327 e. The average Bonchev–Trinajstić information content (AvgIpc) is 2.56. The van der Waals surface area contributed by atoms with Crippen molar-refractivity contribution in [3.8, 4) is 0 Å². The number of halogens is 2. The van der Waals surface area contributed by atoms with Crippen molar-refractivity contribution < 1.29 is 14.1 Å². The lowest BCUT2D eigenvalue weighted by Gasteiger charge is -2.32. The second kappa shape index (κ2) is 6.46. The van der Waals surface area contributed by atoms with Crippen LogP contribution in [0.15, 0.2) is 48.5 Å². The van der Waals surface area contributed by atoms with E-state index in [1.807, 2.05) is 4.90 Å². The molecule has 1 fully saturated rings. The number of benzene rings is 2. The number of nitrogens with zero attached hydrogens (tertiary/aromatic N) is 1. The van der Waals surface area contributed by atoms with Crippen LogP contribution in [0.3, 0.4) is 0 Å². The molecule has 3 rings (SSSR count). The number of rotatable bonds is 2. The van der Waals surface area contributed by atoms with Crippen molar-refractivity contribution in [1.29, 1.82) is 0 Å². The predicted molar refractivity (Wildman–Crippen MR) is 84.1 cm³/mol. The second-order valence-corrected chi connectivity index (χ2v) is 5.85. The summed E-state index contributed by atoms with van der Waals surface area (Å²) >= 11 is 5.85. The summed E-state index contributed by atoms with van der Waals surface area (Å²) in [6, 6.07) is 13.5. The third kappa shape index (κ3) is 3.29. The monoisotopic (exact) mass is 319 g/mol. The normalized spacial score (nSPS) is 15.8. The Labute approximate surface area is 133 Å². The summed E-state index contributed by atoms with van der Waals surface area (Å²) in [5.74, 6) is -0.186. The van der Waals surface area contributed by atoms with Gasteiger partial charge in [-0.05, 0) is 36.4 Å². The lowest BCUT2D eigenvalue weighted by Crippen LogP contribution is -3.10. The highest BCUT2D eigenvalue weighted by Crippen LogP contribution is 2.12. The molecule has 0 unspecified atom stereocenters. The zero-order chi connectivity index (χ0) is 15.5. The fourth-order valence-corrected chi connectivity index (χ4v) is 2.86. The Morgan fingerprint density at radius 2 is 1.59 bits per heavy atom. The van der Waals surface area contributed by atoms with E-state index in [9.17, 15) is 9.18 Å². The van der Waals surface area contributed by atoms with Crippen molar-refractivity contribution >= 4 is 23.2 Å². The van der Waals surface area contributed by atoms with E-state index in [4.69, 9.17) is 11.6 Å². The number of quaternary nitrogens is 1. The number of hydrogen-bond acceptors (Lipinski definition) is 1. The molecule has 1 saturated heterocycles. The SMILES string of the molecule is O=C(c1ccc(Cl)cc1)N1CC[NH+](c2ccc(F)cc2)CC1. The standard InChI is InChI=1S/C17H16ClFN2O/c18-14-3-1-13(2-4-14)17(22)21-11-9-20(10-12-21)16-7-5-15(19)6-8-16/h1-8H,9-12H2/p+1. The van der Waals surface area contributed by atoms with E-state index < -0.39 is 0 Å². The quantitative estimate of drug-likeness (QED) is 0.901. The number of hydrogen-bond donors (Lipinski definition) is 1. The highest BCUT2D eigenvalue weighted by Gasteiger charge is 2.25. The van der Waals surface area contributed by atoms with Gasteiger partial charge in [-0.15, -0.1) is 0 Å². The first-order chi connectivity index (χ1) is 10.6. The number of carbonyl (C=O) groups is 1. The third-order valence-corrected chi connectivity index (χ3v) is 4.25. The Kier molecular flexibility index (Phi) is 4.41. The van der Waals surface area contributed by atoms with Crippen molar-refractivity contribution in [2.24, 2.45) is 0 Å². The highest BCUT2D eigenvalue weighted by molar-refractivity contribution is 6.30. The van der Waals surface area contributed by atoms with Crippen molar-refractivity contribution in [1.82, 2.24) is 4.90 Å². The van der Waals surface area contributed by atoms with Crippen LogP contribution in [0.5, 0.6) is 0 Å². The molecule has 1 aliphatic heterocycles. The van der Waals surface area contributed by atoms with Gasteiger partial charge in [-0.3, -0.25) is 9.69 Å². The molecule has 1 N–H and O–H groups in total. The Morgan fingerprint density at radius 3 is 2.18 bits per heavy atom. The van der Waals surface area contributed by atoms with Gasteiger partial charge in [0.1, 0.15) is 11.5 Å². The van der Waals surface area contributed by atoms with Crippen molar-refractivity contribution in [3.63, 3.8) is 0 Å². The second-order valence-electron chi connectivity index (χ2n) is 5.41. The summed E-state index contributed by atoms with van der Waals surface area (Å²) in [6.07, 6.45) is 0. The topological polar surface area (TPSA) is 24.8 Å². The van der Waals surface area contributed by atoms with Crippen LogP contribution in [0, 0.1) is 5.82 Å². The van der Waals surface area contributed by atoms with Gasteiger partial charge >= 0.3 is 0 Å². The zero-order valence-corrected chi connectivity index (χ0v) is 12.8. The van der Waals surface area contributed by atoms with Crippen LogP contribution in [0.2, 0.25) is 5.02 Å². The smallest absolute Gasteiger partial charge is 0.254 e. The van der Waals surface area contributed by atoms with Crippen molar-refractivity contribution in [2.75, 3.05) is 26.2 Å². The van der Waals surface area contributed by atoms with Crippen LogP contribution in [0.25, 0.3) is 0 Å². The maximum absolute atomic E-state index is 13.0. The summed E-state index contributed by atoms with van der Waals surface area (Å²) in [4.78, 5) is 15.6. The molecule has 2 aromatic carbocycles. The van der Waals surface area contributed by atoms with Gasteiger partial charge in [0, 0.05) is 22.7 Å². The zero-order valence-electron chi connectivity index (χ0n) is 12.1. The Balaban J connectivity index is 1.62. The van der Waals surface area contributed by atoms with Gasteiger partial charge in [0.25, 0.3) is 5.91 Å². The Bertz CT molecular complexity index is 649. The minimum absolute atomic E-state index is 0.0369. The Morgan fingerprint density at radius 1 is 1.00 bits per heavy atom. The van der Waals surface area contributed by atoms with Gasteiger partial charge < -0.3 is 4.90 Å². The summed E-state index contributed by atoms with van der Waals surface area (Å²) < 4.78 is 13.0. The molecule has 0 atom stereocenters. The molecule has 0 saturated carbocycles.